The third-order valence-electron chi connectivity index (χ3n) is 3.05. The van der Waals surface area contributed by atoms with Crippen molar-refractivity contribution in [1.29, 1.82) is 0 Å². The zero-order valence-electron chi connectivity index (χ0n) is 9.52. The Morgan fingerprint density at radius 3 is 3.13 bits per heavy atom. The molecule has 1 aliphatic heterocycles. The maximum absolute atomic E-state index is 5.69. The fourth-order valence-corrected chi connectivity index (χ4v) is 2.31. The van der Waals surface area contributed by atoms with Crippen molar-refractivity contribution in [2.24, 2.45) is 0 Å². The molecule has 2 unspecified atom stereocenters. The summed E-state index contributed by atoms with van der Waals surface area (Å²) in [6.07, 6.45) is 5.44. The van der Waals surface area contributed by atoms with Crippen molar-refractivity contribution in [3.05, 3.63) is 12.2 Å². The van der Waals surface area contributed by atoms with Crippen LogP contribution in [0, 0.1) is 0 Å². The zero-order chi connectivity index (χ0) is 10.7. The van der Waals surface area contributed by atoms with E-state index in [0.717, 1.165) is 38.2 Å². The van der Waals surface area contributed by atoms with Crippen LogP contribution in [0.5, 0.6) is 0 Å². The predicted octanol–water partition coefficient (Wildman–Crippen LogP) is 1.97. The summed E-state index contributed by atoms with van der Waals surface area (Å²) in [6, 6.07) is 0. The number of hydrogen-bond acceptors (Lipinski definition) is 3. The smallest absolute Gasteiger partial charge is 0.138 e. The standard InChI is InChI=1S/C11H19N3O/c1-3-6-14-8-12-13-11(14)9-5-7-15-10(9)4-2/h8-10H,3-7H2,1-2H3. The molecule has 84 valence electrons. The molecule has 2 rings (SSSR count). The highest BCUT2D eigenvalue weighted by Gasteiger charge is 2.31. The van der Waals surface area contributed by atoms with Gasteiger partial charge in [-0.05, 0) is 19.3 Å². The Bertz CT molecular complexity index is 311. The fraction of sp³-hybridized carbons (Fsp3) is 0.818. The molecule has 0 amide bonds. The third-order valence-corrected chi connectivity index (χ3v) is 3.05. The molecule has 2 heterocycles. The van der Waals surface area contributed by atoms with Gasteiger partial charge in [0, 0.05) is 19.1 Å². The Hall–Kier alpha value is -0.900. The maximum Gasteiger partial charge on any atom is 0.138 e. The fourth-order valence-electron chi connectivity index (χ4n) is 2.31. The molecule has 0 bridgehead atoms. The predicted molar refractivity (Wildman–Crippen MR) is 57.7 cm³/mol. The van der Waals surface area contributed by atoms with E-state index in [1.807, 2.05) is 6.33 Å². The third kappa shape index (κ3) is 2.04. The van der Waals surface area contributed by atoms with E-state index in [1.54, 1.807) is 0 Å². The van der Waals surface area contributed by atoms with Gasteiger partial charge < -0.3 is 9.30 Å². The second-order valence-corrected chi connectivity index (χ2v) is 4.10. The van der Waals surface area contributed by atoms with Gasteiger partial charge in [0.15, 0.2) is 0 Å². The molecule has 0 radical (unpaired) electrons. The summed E-state index contributed by atoms with van der Waals surface area (Å²) in [7, 11) is 0. The van der Waals surface area contributed by atoms with Gasteiger partial charge in [-0.3, -0.25) is 0 Å². The van der Waals surface area contributed by atoms with Gasteiger partial charge in [-0.2, -0.15) is 0 Å². The Morgan fingerprint density at radius 1 is 1.53 bits per heavy atom. The Kier molecular flexibility index (Phi) is 3.36. The Labute approximate surface area is 90.7 Å². The highest BCUT2D eigenvalue weighted by molar-refractivity contribution is 5.02. The molecule has 1 aromatic heterocycles. The lowest BCUT2D eigenvalue weighted by Crippen LogP contribution is -2.17. The average molecular weight is 209 g/mol. The van der Waals surface area contributed by atoms with E-state index >= 15 is 0 Å². The van der Waals surface area contributed by atoms with Crippen molar-refractivity contribution in [2.75, 3.05) is 6.61 Å². The summed E-state index contributed by atoms with van der Waals surface area (Å²) < 4.78 is 7.86. The maximum atomic E-state index is 5.69. The van der Waals surface area contributed by atoms with Gasteiger partial charge >= 0.3 is 0 Å². The first-order valence-corrected chi connectivity index (χ1v) is 5.86. The molecule has 0 spiro atoms. The SMILES string of the molecule is CCCn1cnnc1C1CCOC1CC. The van der Waals surface area contributed by atoms with Crippen LogP contribution in [0.2, 0.25) is 0 Å². The minimum Gasteiger partial charge on any atom is -0.377 e. The molecular formula is C11H19N3O. The molecule has 0 saturated carbocycles. The minimum absolute atomic E-state index is 0.338. The molecule has 15 heavy (non-hydrogen) atoms. The largest absolute Gasteiger partial charge is 0.377 e. The van der Waals surface area contributed by atoms with Crippen LogP contribution in [-0.2, 0) is 11.3 Å². The summed E-state index contributed by atoms with van der Waals surface area (Å²) >= 11 is 0. The highest BCUT2D eigenvalue weighted by atomic mass is 16.5. The summed E-state index contributed by atoms with van der Waals surface area (Å²) in [6.45, 7) is 6.22. The number of ether oxygens (including phenoxy) is 1. The van der Waals surface area contributed by atoms with Crippen molar-refractivity contribution in [3.63, 3.8) is 0 Å². The van der Waals surface area contributed by atoms with Crippen LogP contribution >= 0.6 is 0 Å². The molecule has 4 heteroatoms. The second-order valence-electron chi connectivity index (χ2n) is 4.10. The normalized spacial score (nSPS) is 26.0. The Morgan fingerprint density at radius 2 is 2.40 bits per heavy atom. The zero-order valence-corrected chi connectivity index (χ0v) is 9.52. The van der Waals surface area contributed by atoms with E-state index in [2.05, 4.69) is 28.6 Å². The topological polar surface area (TPSA) is 39.9 Å². The summed E-state index contributed by atoms with van der Waals surface area (Å²) in [5.74, 6) is 1.56. The van der Waals surface area contributed by atoms with Crippen LogP contribution in [0.15, 0.2) is 6.33 Å². The number of aryl methyl sites for hydroxylation is 1. The molecule has 0 N–H and O–H groups in total. The number of rotatable bonds is 4. The van der Waals surface area contributed by atoms with Gasteiger partial charge in [0.2, 0.25) is 0 Å². The van der Waals surface area contributed by atoms with E-state index in [-0.39, 0.29) is 0 Å². The van der Waals surface area contributed by atoms with Gasteiger partial charge in [0.25, 0.3) is 0 Å². The monoisotopic (exact) mass is 209 g/mol. The highest BCUT2D eigenvalue weighted by Crippen LogP contribution is 2.31. The van der Waals surface area contributed by atoms with Crippen molar-refractivity contribution >= 4 is 0 Å². The summed E-state index contributed by atoms with van der Waals surface area (Å²) in [5, 5.41) is 8.26. The first kappa shape index (κ1) is 10.6. The van der Waals surface area contributed by atoms with Gasteiger partial charge in [-0.25, -0.2) is 0 Å². The van der Waals surface area contributed by atoms with Gasteiger partial charge in [0.05, 0.1) is 6.10 Å². The number of aromatic nitrogens is 3. The molecule has 1 fully saturated rings. The molecule has 0 aromatic carbocycles. The minimum atomic E-state index is 0.338. The van der Waals surface area contributed by atoms with Crippen molar-refractivity contribution in [3.8, 4) is 0 Å². The molecule has 4 nitrogen and oxygen atoms in total. The lowest BCUT2D eigenvalue weighted by molar-refractivity contribution is 0.0988. The Balaban J connectivity index is 2.16. The van der Waals surface area contributed by atoms with Gasteiger partial charge in [-0.1, -0.05) is 13.8 Å². The van der Waals surface area contributed by atoms with Crippen LogP contribution in [0.4, 0.5) is 0 Å². The van der Waals surface area contributed by atoms with E-state index in [4.69, 9.17) is 4.74 Å². The van der Waals surface area contributed by atoms with Crippen molar-refractivity contribution in [2.45, 2.75) is 51.7 Å². The first-order chi connectivity index (χ1) is 7.36. The lowest BCUT2D eigenvalue weighted by atomic mass is 9.99. The summed E-state index contributed by atoms with van der Waals surface area (Å²) in [4.78, 5) is 0. The number of hydrogen-bond donors (Lipinski definition) is 0. The summed E-state index contributed by atoms with van der Waals surface area (Å²) in [5.41, 5.74) is 0. The van der Waals surface area contributed by atoms with Crippen LogP contribution < -0.4 is 0 Å². The molecular weight excluding hydrogens is 190 g/mol. The molecule has 1 aliphatic rings. The quantitative estimate of drug-likeness (QED) is 0.761. The van der Waals surface area contributed by atoms with Gasteiger partial charge in [0.1, 0.15) is 12.2 Å². The molecule has 1 saturated heterocycles. The van der Waals surface area contributed by atoms with E-state index in [1.165, 1.54) is 0 Å². The first-order valence-electron chi connectivity index (χ1n) is 5.86. The number of nitrogens with zero attached hydrogens (tertiary/aromatic N) is 3. The van der Waals surface area contributed by atoms with E-state index in [9.17, 15) is 0 Å². The van der Waals surface area contributed by atoms with Crippen molar-refractivity contribution in [1.82, 2.24) is 14.8 Å². The van der Waals surface area contributed by atoms with Crippen LogP contribution in [-0.4, -0.2) is 27.5 Å². The lowest BCUT2D eigenvalue weighted by Gasteiger charge is -2.16. The van der Waals surface area contributed by atoms with E-state index in [0.29, 0.717) is 12.0 Å². The molecule has 1 aromatic rings. The second kappa shape index (κ2) is 4.75. The average Bonchev–Trinajstić information content (AvgIpc) is 2.84. The molecule has 0 aliphatic carbocycles. The van der Waals surface area contributed by atoms with E-state index < -0.39 is 0 Å². The van der Waals surface area contributed by atoms with Gasteiger partial charge in [-0.15, -0.1) is 10.2 Å². The van der Waals surface area contributed by atoms with Crippen LogP contribution in [0.25, 0.3) is 0 Å². The molecule has 2 atom stereocenters. The van der Waals surface area contributed by atoms with Crippen LogP contribution in [0.3, 0.4) is 0 Å². The van der Waals surface area contributed by atoms with Crippen LogP contribution in [0.1, 0.15) is 44.9 Å². The van der Waals surface area contributed by atoms with Crippen molar-refractivity contribution < 1.29 is 4.74 Å².